The summed E-state index contributed by atoms with van der Waals surface area (Å²) >= 11 is 0. The number of nitrogens with one attached hydrogen (secondary N) is 1. The summed E-state index contributed by atoms with van der Waals surface area (Å²) in [5.74, 6) is 0.686. The van der Waals surface area contributed by atoms with Crippen molar-refractivity contribution >= 4 is 0 Å². The number of rotatable bonds is 6. The van der Waals surface area contributed by atoms with Crippen molar-refractivity contribution in [3.63, 3.8) is 0 Å². The molecule has 0 aliphatic heterocycles. The molecule has 16 heavy (non-hydrogen) atoms. The third-order valence-electron chi connectivity index (χ3n) is 3.40. The summed E-state index contributed by atoms with van der Waals surface area (Å²) in [6, 6.07) is 0.640. The lowest BCUT2D eigenvalue weighted by molar-refractivity contribution is 0.396. The molecule has 0 bridgehead atoms. The largest absolute Gasteiger partial charge is 0.330 e. The van der Waals surface area contributed by atoms with Gasteiger partial charge in [0.2, 0.25) is 0 Å². The quantitative estimate of drug-likeness (QED) is 0.684. The number of hydrogen-bond donors (Lipinski definition) is 2. The van der Waals surface area contributed by atoms with Crippen molar-refractivity contribution in [3.05, 3.63) is 12.4 Å². The molecule has 0 aromatic carbocycles. The predicted molar refractivity (Wildman–Crippen MR) is 62.8 cm³/mol. The highest BCUT2D eigenvalue weighted by atomic mass is 15.4. The third-order valence-corrected chi connectivity index (χ3v) is 3.40. The molecule has 5 heteroatoms. The van der Waals surface area contributed by atoms with Gasteiger partial charge in [-0.25, -0.2) is 0 Å². The topological polar surface area (TPSA) is 68.8 Å². The molecular weight excluding hydrogens is 202 g/mol. The van der Waals surface area contributed by atoms with Crippen LogP contribution in [0.3, 0.4) is 0 Å². The van der Waals surface area contributed by atoms with Gasteiger partial charge < -0.3 is 11.1 Å². The smallest absolute Gasteiger partial charge is 0.0692 e. The van der Waals surface area contributed by atoms with E-state index in [1.165, 1.54) is 19.3 Å². The summed E-state index contributed by atoms with van der Waals surface area (Å²) in [6.45, 7) is 2.80. The summed E-state index contributed by atoms with van der Waals surface area (Å²) in [5.41, 5.74) is 5.74. The van der Waals surface area contributed by atoms with Crippen LogP contribution in [0.4, 0.5) is 0 Å². The third kappa shape index (κ3) is 3.02. The molecule has 2 atom stereocenters. The van der Waals surface area contributed by atoms with Crippen molar-refractivity contribution in [2.45, 2.75) is 38.3 Å². The van der Waals surface area contributed by atoms with Crippen LogP contribution >= 0.6 is 0 Å². The van der Waals surface area contributed by atoms with E-state index in [0.717, 1.165) is 26.1 Å². The molecule has 1 aliphatic rings. The lowest BCUT2D eigenvalue weighted by atomic mass is 10.0. The first kappa shape index (κ1) is 11.5. The van der Waals surface area contributed by atoms with Crippen molar-refractivity contribution in [2.24, 2.45) is 11.7 Å². The van der Waals surface area contributed by atoms with Crippen molar-refractivity contribution < 1.29 is 0 Å². The first-order chi connectivity index (χ1) is 7.90. The summed E-state index contributed by atoms with van der Waals surface area (Å²) in [6.07, 6.45) is 8.61. The van der Waals surface area contributed by atoms with Crippen LogP contribution < -0.4 is 11.1 Å². The molecule has 0 radical (unpaired) electrons. The average molecular weight is 223 g/mol. The van der Waals surface area contributed by atoms with Crippen LogP contribution in [0.1, 0.15) is 25.7 Å². The fourth-order valence-electron chi connectivity index (χ4n) is 2.47. The maximum Gasteiger partial charge on any atom is 0.0692 e. The molecule has 1 aliphatic carbocycles. The Morgan fingerprint density at radius 3 is 3.12 bits per heavy atom. The Morgan fingerprint density at radius 1 is 1.44 bits per heavy atom. The maximum atomic E-state index is 5.74. The Kier molecular flexibility index (Phi) is 4.30. The van der Waals surface area contributed by atoms with Crippen molar-refractivity contribution in [1.82, 2.24) is 20.3 Å². The summed E-state index contributed by atoms with van der Waals surface area (Å²) in [4.78, 5) is 0. The molecule has 5 nitrogen and oxygen atoms in total. The molecule has 1 saturated carbocycles. The van der Waals surface area contributed by atoms with Crippen LogP contribution in [-0.4, -0.2) is 34.1 Å². The molecule has 2 unspecified atom stereocenters. The molecule has 1 aromatic heterocycles. The zero-order valence-electron chi connectivity index (χ0n) is 9.68. The highest BCUT2D eigenvalue weighted by Crippen LogP contribution is 2.24. The predicted octanol–water partition coefficient (Wildman–Crippen LogP) is 0.385. The van der Waals surface area contributed by atoms with Gasteiger partial charge in [0.25, 0.3) is 0 Å². The van der Waals surface area contributed by atoms with E-state index < -0.39 is 0 Å². The molecule has 1 fully saturated rings. The van der Waals surface area contributed by atoms with Crippen LogP contribution in [0.5, 0.6) is 0 Å². The second kappa shape index (κ2) is 5.96. The van der Waals surface area contributed by atoms with Gasteiger partial charge in [-0.05, 0) is 38.3 Å². The molecule has 1 heterocycles. The number of hydrogen-bond acceptors (Lipinski definition) is 4. The molecule has 90 valence electrons. The van der Waals surface area contributed by atoms with Crippen molar-refractivity contribution in [1.29, 1.82) is 0 Å². The van der Waals surface area contributed by atoms with E-state index in [2.05, 4.69) is 15.6 Å². The number of aryl methyl sites for hydroxylation is 1. The molecule has 0 saturated heterocycles. The van der Waals surface area contributed by atoms with E-state index in [0.29, 0.717) is 12.0 Å². The lowest BCUT2D eigenvalue weighted by Crippen LogP contribution is -2.36. The standard InChI is InChI=1S/C11H21N5/c12-9-10-3-1-4-11(10)13-5-2-7-16-8-6-14-15-16/h6,8,10-11,13H,1-5,7,9,12H2. The van der Waals surface area contributed by atoms with Crippen molar-refractivity contribution in [3.8, 4) is 0 Å². The van der Waals surface area contributed by atoms with Gasteiger partial charge >= 0.3 is 0 Å². The highest BCUT2D eigenvalue weighted by Gasteiger charge is 2.24. The second-order valence-corrected chi connectivity index (χ2v) is 4.51. The van der Waals surface area contributed by atoms with Crippen LogP contribution in [-0.2, 0) is 6.54 Å². The minimum absolute atomic E-state index is 0.640. The van der Waals surface area contributed by atoms with Crippen molar-refractivity contribution in [2.75, 3.05) is 13.1 Å². The normalized spacial score (nSPS) is 25.1. The van der Waals surface area contributed by atoms with E-state index in [9.17, 15) is 0 Å². The van der Waals surface area contributed by atoms with Crippen LogP contribution in [0.2, 0.25) is 0 Å². The van der Waals surface area contributed by atoms with Gasteiger partial charge in [0.1, 0.15) is 0 Å². The lowest BCUT2D eigenvalue weighted by Gasteiger charge is -2.19. The van der Waals surface area contributed by atoms with E-state index in [-0.39, 0.29) is 0 Å². The average Bonchev–Trinajstić information content (AvgIpc) is 2.95. The molecular formula is C11H21N5. The summed E-state index contributed by atoms with van der Waals surface area (Å²) in [7, 11) is 0. The van der Waals surface area contributed by atoms with E-state index in [1.54, 1.807) is 6.20 Å². The SMILES string of the molecule is NCC1CCCC1NCCCn1ccnn1. The summed E-state index contributed by atoms with van der Waals surface area (Å²) in [5, 5.41) is 11.3. The van der Waals surface area contributed by atoms with Crippen LogP contribution in [0, 0.1) is 5.92 Å². The molecule has 0 amide bonds. The van der Waals surface area contributed by atoms with E-state index >= 15 is 0 Å². The fourth-order valence-corrected chi connectivity index (χ4v) is 2.47. The van der Waals surface area contributed by atoms with E-state index in [4.69, 9.17) is 5.73 Å². The second-order valence-electron chi connectivity index (χ2n) is 4.51. The number of aromatic nitrogens is 3. The monoisotopic (exact) mass is 223 g/mol. The van der Waals surface area contributed by atoms with Gasteiger partial charge in [0.05, 0.1) is 6.20 Å². The maximum absolute atomic E-state index is 5.74. The minimum Gasteiger partial charge on any atom is -0.330 e. The molecule has 3 N–H and O–H groups in total. The Bertz CT molecular complexity index is 285. The van der Waals surface area contributed by atoms with Crippen LogP contribution in [0.15, 0.2) is 12.4 Å². The zero-order chi connectivity index (χ0) is 11.2. The number of nitrogens with two attached hydrogens (primary N) is 1. The minimum atomic E-state index is 0.640. The molecule has 1 aromatic rings. The first-order valence-corrected chi connectivity index (χ1v) is 6.17. The number of nitrogens with zero attached hydrogens (tertiary/aromatic N) is 3. The van der Waals surface area contributed by atoms with Gasteiger partial charge in [0.15, 0.2) is 0 Å². The van der Waals surface area contributed by atoms with Gasteiger partial charge in [-0.15, -0.1) is 5.10 Å². The first-order valence-electron chi connectivity index (χ1n) is 6.17. The molecule has 2 rings (SSSR count). The Balaban J connectivity index is 1.61. The van der Waals surface area contributed by atoms with Gasteiger partial charge in [-0.3, -0.25) is 4.68 Å². The fraction of sp³-hybridized carbons (Fsp3) is 0.818. The zero-order valence-corrected chi connectivity index (χ0v) is 9.68. The van der Waals surface area contributed by atoms with Gasteiger partial charge in [-0.2, -0.15) is 0 Å². The Morgan fingerprint density at radius 2 is 2.38 bits per heavy atom. The van der Waals surface area contributed by atoms with Gasteiger partial charge in [-0.1, -0.05) is 11.6 Å². The van der Waals surface area contributed by atoms with Gasteiger partial charge in [0, 0.05) is 18.8 Å². The Labute approximate surface area is 96.4 Å². The van der Waals surface area contributed by atoms with E-state index in [1.807, 2.05) is 10.9 Å². The highest BCUT2D eigenvalue weighted by molar-refractivity contribution is 4.83. The van der Waals surface area contributed by atoms with Crippen LogP contribution in [0.25, 0.3) is 0 Å². The Hall–Kier alpha value is -0.940. The molecule has 0 spiro atoms. The summed E-state index contributed by atoms with van der Waals surface area (Å²) < 4.78 is 1.87.